The molecule has 1 aliphatic heterocycles. The van der Waals surface area contributed by atoms with Crippen molar-refractivity contribution in [2.24, 2.45) is 7.05 Å². The normalized spacial score (nSPS) is 19.9. The fraction of sp³-hybridized carbons (Fsp3) is 0.583. The van der Waals surface area contributed by atoms with Crippen molar-refractivity contribution in [1.29, 1.82) is 0 Å². The first-order valence-corrected chi connectivity index (χ1v) is 6.02. The number of nitrogens with zero attached hydrogens (tertiary/aromatic N) is 3. The Morgan fingerprint density at radius 2 is 2.11 bits per heavy atom. The molecule has 2 rings (SSSR count). The highest BCUT2D eigenvalue weighted by molar-refractivity contribution is 5.99. The molecule has 1 unspecified atom stereocenters. The number of carbonyl (C=O) groups is 2. The second-order valence-corrected chi connectivity index (χ2v) is 4.63. The van der Waals surface area contributed by atoms with E-state index in [9.17, 15) is 9.59 Å². The lowest BCUT2D eigenvalue weighted by atomic mass is 10.1. The monoisotopic (exact) mass is 250 g/mol. The summed E-state index contributed by atoms with van der Waals surface area (Å²) >= 11 is 0. The molecule has 1 N–H and O–H groups in total. The highest BCUT2D eigenvalue weighted by Gasteiger charge is 2.32. The Hall–Kier alpha value is -1.85. The molecular weight excluding hydrogens is 232 g/mol. The molecule has 0 bridgehead atoms. The van der Waals surface area contributed by atoms with Crippen molar-refractivity contribution in [3.05, 3.63) is 17.0 Å². The van der Waals surface area contributed by atoms with E-state index in [-0.39, 0.29) is 11.8 Å². The average Bonchev–Trinajstić information content (AvgIpc) is 2.56. The standard InChI is InChI=1S/C12H18N4O2/c1-7-10(8(2)15(4)14-7)12(18)16-6-5-13-11(17)9(16)3/h9H,5-6H2,1-4H3,(H,13,17). The van der Waals surface area contributed by atoms with Gasteiger partial charge in [-0.25, -0.2) is 0 Å². The lowest BCUT2D eigenvalue weighted by Gasteiger charge is -2.32. The Balaban J connectivity index is 2.33. The van der Waals surface area contributed by atoms with Gasteiger partial charge in [-0.1, -0.05) is 0 Å². The summed E-state index contributed by atoms with van der Waals surface area (Å²) in [7, 11) is 1.81. The molecule has 18 heavy (non-hydrogen) atoms. The molecule has 1 saturated heterocycles. The van der Waals surface area contributed by atoms with Gasteiger partial charge in [0, 0.05) is 25.8 Å². The topological polar surface area (TPSA) is 67.2 Å². The molecule has 6 heteroatoms. The molecule has 0 radical (unpaired) electrons. The number of carbonyl (C=O) groups excluding carboxylic acids is 2. The molecule has 6 nitrogen and oxygen atoms in total. The van der Waals surface area contributed by atoms with Crippen LogP contribution in [0.3, 0.4) is 0 Å². The van der Waals surface area contributed by atoms with E-state index in [2.05, 4.69) is 10.4 Å². The molecular formula is C12H18N4O2. The third-order valence-corrected chi connectivity index (χ3v) is 3.48. The maximum Gasteiger partial charge on any atom is 0.258 e. The van der Waals surface area contributed by atoms with Gasteiger partial charge in [0.05, 0.1) is 11.3 Å². The Kier molecular flexibility index (Phi) is 3.11. The van der Waals surface area contributed by atoms with Gasteiger partial charge in [0.2, 0.25) is 5.91 Å². The molecule has 1 atom stereocenters. The number of piperazine rings is 1. The second kappa shape index (κ2) is 4.44. The van der Waals surface area contributed by atoms with Gasteiger partial charge in [-0.15, -0.1) is 0 Å². The zero-order valence-electron chi connectivity index (χ0n) is 11.1. The summed E-state index contributed by atoms with van der Waals surface area (Å²) in [4.78, 5) is 25.7. The first-order valence-electron chi connectivity index (χ1n) is 6.02. The lowest BCUT2D eigenvalue weighted by molar-refractivity contribution is -0.127. The minimum atomic E-state index is -0.426. The smallest absolute Gasteiger partial charge is 0.258 e. The van der Waals surface area contributed by atoms with E-state index in [1.54, 1.807) is 16.5 Å². The van der Waals surface area contributed by atoms with Gasteiger partial charge < -0.3 is 10.2 Å². The third kappa shape index (κ3) is 1.87. The molecule has 0 spiro atoms. The predicted octanol–water partition coefficient (Wildman–Crippen LogP) is -0.00256. The maximum absolute atomic E-state index is 12.5. The van der Waals surface area contributed by atoms with Crippen LogP contribution in [0.2, 0.25) is 0 Å². The van der Waals surface area contributed by atoms with Crippen LogP contribution in [0.1, 0.15) is 28.7 Å². The van der Waals surface area contributed by atoms with E-state index in [4.69, 9.17) is 0 Å². The van der Waals surface area contributed by atoms with E-state index in [0.29, 0.717) is 24.3 Å². The van der Waals surface area contributed by atoms with Gasteiger partial charge in [0.25, 0.3) is 5.91 Å². The van der Waals surface area contributed by atoms with Gasteiger partial charge in [-0.05, 0) is 20.8 Å². The van der Waals surface area contributed by atoms with E-state index >= 15 is 0 Å². The van der Waals surface area contributed by atoms with Crippen LogP contribution in [0.15, 0.2) is 0 Å². The zero-order chi connectivity index (χ0) is 13.4. The van der Waals surface area contributed by atoms with Crippen molar-refractivity contribution in [2.45, 2.75) is 26.8 Å². The Morgan fingerprint density at radius 3 is 2.67 bits per heavy atom. The Bertz CT molecular complexity index is 506. The number of amides is 2. The molecule has 1 aromatic rings. The molecule has 1 fully saturated rings. The highest BCUT2D eigenvalue weighted by atomic mass is 16.2. The summed E-state index contributed by atoms with van der Waals surface area (Å²) in [5, 5.41) is 6.99. The largest absolute Gasteiger partial charge is 0.353 e. The van der Waals surface area contributed by atoms with Gasteiger partial charge >= 0.3 is 0 Å². The number of hydrogen-bond donors (Lipinski definition) is 1. The summed E-state index contributed by atoms with van der Waals surface area (Å²) in [5.41, 5.74) is 2.15. The summed E-state index contributed by atoms with van der Waals surface area (Å²) in [6.45, 7) is 6.47. The van der Waals surface area contributed by atoms with Crippen LogP contribution >= 0.6 is 0 Å². The number of aryl methyl sites for hydroxylation is 2. The van der Waals surface area contributed by atoms with Gasteiger partial charge in [-0.3, -0.25) is 14.3 Å². The number of rotatable bonds is 1. The van der Waals surface area contributed by atoms with Crippen molar-refractivity contribution in [3.8, 4) is 0 Å². The maximum atomic E-state index is 12.5. The molecule has 1 aliphatic rings. The van der Waals surface area contributed by atoms with Crippen molar-refractivity contribution in [1.82, 2.24) is 20.0 Å². The van der Waals surface area contributed by atoms with Gasteiger partial charge in [0.1, 0.15) is 6.04 Å². The Morgan fingerprint density at radius 1 is 1.44 bits per heavy atom. The summed E-state index contributed by atoms with van der Waals surface area (Å²) in [6.07, 6.45) is 0. The molecule has 0 saturated carbocycles. The van der Waals surface area contributed by atoms with Crippen molar-refractivity contribution in [3.63, 3.8) is 0 Å². The lowest BCUT2D eigenvalue weighted by Crippen LogP contribution is -2.56. The molecule has 0 aromatic carbocycles. The van der Waals surface area contributed by atoms with Crippen LogP contribution in [0.25, 0.3) is 0 Å². The SMILES string of the molecule is Cc1nn(C)c(C)c1C(=O)N1CCNC(=O)C1C. The predicted molar refractivity (Wildman–Crippen MR) is 66.2 cm³/mol. The Labute approximate surface area is 106 Å². The number of hydrogen-bond acceptors (Lipinski definition) is 3. The highest BCUT2D eigenvalue weighted by Crippen LogP contribution is 2.17. The van der Waals surface area contributed by atoms with Crippen molar-refractivity contribution in [2.75, 3.05) is 13.1 Å². The minimum Gasteiger partial charge on any atom is -0.353 e. The van der Waals surface area contributed by atoms with Gasteiger partial charge in [-0.2, -0.15) is 5.10 Å². The summed E-state index contributed by atoms with van der Waals surface area (Å²) < 4.78 is 1.69. The first-order chi connectivity index (χ1) is 8.43. The van der Waals surface area contributed by atoms with Crippen molar-refractivity contribution < 1.29 is 9.59 Å². The van der Waals surface area contributed by atoms with Crippen LogP contribution in [0.5, 0.6) is 0 Å². The quantitative estimate of drug-likeness (QED) is 0.762. The van der Waals surface area contributed by atoms with Crippen LogP contribution < -0.4 is 5.32 Å². The summed E-state index contributed by atoms with van der Waals surface area (Å²) in [6, 6.07) is -0.426. The van der Waals surface area contributed by atoms with E-state index in [1.165, 1.54) is 0 Å². The minimum absolute atomic E-state index is 0.103. The van der Waals surface area contributed by atoms with Gasteiger partial charge in [0.15, 0.2) is 0 Å². The molecule has 2 amide bonds. The molecule has 1 aromatic heterocycles. The number of nitrogens with one attached hydrogen (secondary N) is 1. The molecule has 98 valence electrons. The fourth-order valence-electron chi connectivity index (χ4n) is 2.29. The molecule has 2 heterocycles. The zero-order valence-corrected chi connectivity index (χ0v) is 11.1. The average molecular weight is 250 g/mol. The third-order valence-electron chi connectivity index (χ3n) is 3.48. The van der Waals surface area contributed by atoms with E-state index in [0.717, 1.165) is 5.69 Å². The fourth-order valence-corrected chi connectivity index (χ4v) is 2.29. The van der Waals surface area contributed by atoms with E-state index < -0.39 is 6.04 Å². The second-order valence-electron chi connectivity index (χ2n) is 4.63. The summed E-state index contributed by atoms with van der Waals surface area (Å²) in [5.74, 6) is -0.214. The van der Waals surface area contributed by atoms with Crippen molar-refractivity contribution >= 4 is 11.8 Å². The van der Waals surface area contributed by atoms with Crippen LogP contribution in [-0.2, 0) is 11.8 Å². The van der Waals surface area contributed by atoms with Crippen LogP contribution in [0.4, 0.5) is 0 Å². The van der Waals surface area contributed by atoms with E-state index in [1.807, 2.05) is 20.9 Å². The van der Waals surface area contributed by atoms with Crippen LogP contribution in [0, 0.1) is 13.8 Å². The molecule has 0 aliphatic carbocycles. The van der Waals surface area contributed by atoms with Crippen LogP contribution in [-0.4, -0.2) is 45.6 Å². The first kappa shape index (κ1) is 12.6. The number of aromatic nitrogens is 2.